The summed E-state index contributed by atoms with van der Waals surface area (Å²) in [5.74, 6) is 1.42. The van der Waals surface area contributed by atoms with Gasteiger partial charge in [0, 0.05) is 50.5 Å². The number of benzene rings is 1. The third-order valence-electron chi connectivity index (χ3n) is 6.46. The lowest BCUT2D eigenvalue weighted by Gasteiger charge is -2.36. The summed E-state index contributed by atoms with van der Waals surface area (Å²) in [7, 11) is 0. The number of hydrogen-bond acceptors (Lipinski definition) is 8. The zero-order chi connectivity index (χ0) is 22.6. The van der Waals surface area contributed by atoms with Crippen molar-refractivity contribution < 1.29 is 9.47 Å². The molecule has 2 fully saturated rings. The van der Waals surface area contributed by atoms with Crippen LogP contribution in [-0.2, 0) is 11.3 Å². The van der Waals surface area contributed by atoms with Gasteiger partial charge in [0.05, 0.1) is 24.5 Å². The Kier molecular flexibility index (Phi) is 7.42. The molecule has 0 amide bonds. The second kappa shape index (κ2) is 10.7. The number of aromatic nitrogens is 2. The van der Waals surface area contributed by atoms with Gasteiger partial charge in [-0.15, -0.1) is 0 Å². The van der Waals surface area contributed by atoms with Gasteiger partial charge in [-0.3, -0.25) is 4.79 Å². The molecule has 5 rings (SSSR count). The van der Waals surface area contributed by atoms with Crippen molar-refractivity contribution in [2.75, 3.05) is 44.9 Å². The van der Waals surface area contributed by atoms with Crippen LogP contribution in [0, 0.1) is 5.92 Å². The second-order valence-corrected chi connectivity index (χ2v) is 10.4. The Labute approximate surface area is 203 Å². The molecule has 0 saturated carbocycles. The van der Waals surface area contributed by atoms with E-state index in [9.17, 15) is 4.79 Å². The molecule has 10 heteroatoms. The van der Waals surface area contributed by atoms with Gasteiger partial charge in [-0.25, -0.2) is 8.99 Å². The summed E-state index contributed by atoms with van der Waals surface area (Å²) in [5, 5.41) is 7.98. The van der Waals surface area contributed by atoms with Crippen LogP contribution in [0.4, 0.5) is 5.69 Å². The minimum Gasteiger partial charge on any atom is -0.477 e. The summed E-state index contributed by atoms with van der Waals surface area (Å²) in [5.41, 5.74) is 1.61. The lowest BCUT2D eigenvalue weighted by molar-refractivity contribution is 0.0595. The summed E-state index contributed by atoms with van der Waals surface area (Å²) in [6, 6.07) is 8.24. The molecule has 1 unspecified atom stereocenters. The molecule has 2 saturated heterocycles. The highest BCUT2D eigenvalue weighted by molar-refractivity contribution is 7.94. The Morgan fingerprint density at radius 1 is 1.18 bits per heavy atom. The van der Waals surface area contributed by atoms with Crippen LogP contribution in [0.25, 0.3) is 0 Å². The number of nitrogens with one attached hydrogen (secondary N) is 1. The summed E-state index contributed by atoms with van der Waals surface area (Å²) in [6.45, 7) is 5.51. The molecule has 33 heavy (non-hydrogen) atoms. The fourth-order valence-corrected chi connectivity index (χ4v) is 5.79. The molecule has 178 valence electrons. The van der Waals surface area contributed by atoms with Crippen molar-refractivity contribution in [2.24, 2.45) is 5.92 Å². The van der Waals surface area contributed by atoms with Gasteiger partial charge >= 0.3 is 0 Å². The molecule has 0 bridgehead atoms. The maximum Gasteiger partial charge on any atom is 0.287 e. The van der Waals surface area contributed by atoms with Crippen LogP contribution >= 0.6 is 23.7 Å². The lowest BCUT2D eigenvalue weighted by atomic mass is 10.0. The first-order chi connectivity index (χ1) is 16.2. The average molecular weight is 492 g/mol. The number of ether oxygens (including phenoxy) is 2. The summed E-state index contributed by atoms with van der Waals surface area (Å²) >= 11 is 8.15. The third-order valence-corrected chi connectivity index (χ3v) is 7.89. The first-order valence-corrected chi connectivity index (χ1v) is 12.8. The summed E-state index contributed by atoms with van der Waals surface area (Å²) < 4.78 is 17.5. The molecule has 8 nitrogen and oxygen atoms in total. The number of anilines is 1. The van der Waals surface area contributed by atoms with Crippen LogP contribution in [-0.4, -0.2) is 58.0 Å². The third kappa shape index (κ3) is 5.49. The van der Waals surface area contributed by atoms with Crippen molar-refractivity contribution in [3.8, 4) is 5.75 Å². The van der Waals surface area contributed by atoms with Gasteiger partial charge in [0.1, 0.15) is 10.8 Å². The van der Waals surface area contributed by atoms with Gasteiger partial charge in [0.2, 0.25) is 0 Å². The highest BCUT2D eigenvalue weighted by Crippen LogP contribution is 2.32. The molecule has 3 aliphatic heterocycles. The number of para-hydroxylation sites is 1. The number of hydrogen-bond donors (Lipinski definition) is 1. The molecule has 1 aromatic carbocycles. The fraction of sp³-hybridized carbons (Fsp3) is 0.565. The van der Waals surface area contributed by atoms with E-state index in [1.165, 1.54) is 5.56 Å². The number of nitrogens with zero attached hydrogens (tertiary/aromatic N) is 4. The minimum absolute atomic E-state index is 0.0611. The van der Waals surface area contributed by atoms with Gasteiger partial charge in [-0.05, 0) is 37.7 Å². The molecule has 3 aliphatic rings. The van der Waals surface area contributed by atoms with E-state index in [0.29, 0.717) is 18.3 Å². The topological polar surface area (TPSA) is 71.9 Å². The molecule has 0 spiro atoms. The Hall–Kier alpha value is -1.78. The Morgan fingerprint density at radius 2 is 2.03 bits per heavy atom. The minimum atomic E-state index is -0.214. The van der Waals surface area contributed by atoms with Crippen LogP contribution in [0.3, 0.4) is 0 Å². The quantitative estimate of drug-likeness (QED) is 0.612. The normalized spacial score (nSPS) is 22.5. The Bertz CT molecular complexity index is 1010. The van der Waals surface area contributed by atoms with Gasteiger partial charge < -0.3 is 14.8 Å². The van der Waals surface area contributed by atoms with Crippen LogP contribution < -0.4 is 15.6 Å². The highest BCUT2D eigenvalue weighted by Gasteiger charge is 2.27. The maximum atomic E-state index is 12.9. The average Bonchev–Trinajstić information content (AvgIpc) is 2.86. The van der Waals surface area contributed by atoms with Crippen molar-refractivity contribution in [2.45, 2.75) is 38.3 Å². The maximum absolute atomic E-state index is 12.9. The van der Waals surface area contributed by atoms with Crippen molar-refractivity contribution in [1.82, 2.24) is 18.4 Å². The highest BCUT2D eigenvalue weighted by atomic mass is 35.5. The Morgan fingerprint density at radius 3 is 2.85 bits per heavy atom. The van der Waals surface area contributed by atoms with E-state index in [-0.39, 0.29) is 16.6 Å². The first kappa shape index (κ1) is 23.0. The summed E-state index contributed by atoms with van der Waals surface area (Å²) in [4.78, 5) is 12.9. The van der Waals surface area contributed by atoms with Gasteiger partial charge in [0.15, 0.2) is 6.73 Å². The molecular weight excluding hydrogens is 462 g/mol. The zero-order valence-electron chi connectivity index (χ0n) is 18.6. The van der Waals surface area contributed by atoms with Crippen LogP contribution in [0.1, 0.15) is 37.3 Å². The summed E-state index contributed by atoms with van der Waals surface area (Å²) in [6.07, 6.45) is 5.61. The largest absolute Gasteiger partial charge is 0.477 e. The van der Waals surface area contributed by atoms with Gasteiger partial charge in [0.25, 0.3) is 5.56 Å². The van der Waals surface area contributed by atoms with Crippen molar-refractivity contribution >= 4 is 29.4 Å². The van der Waals surface area contributed by atoms with E-state index in [4.69, 9.17) is 21.1 Å². The van der Waals surface area contributed by atoms with E-state index in [2.05, 4.69) is 25.1 Å². The monoisotopic (exact) mass is 491 g/mol. The van der Waals surface area contributed by atoms with Crippen molar-refractivity contribution in [3.63, 3.8) is 0 Å². The fourth-order valence-electron chi connectivity index (χ4n) is 4.59. The van der Waals surface area contributed by atoms with Crippen LogP contribution in [0.5, 0.6) is 5.75 Å². The number of fused-ring (bicyclic) bond motifs is 1. The predicted molar refractivity (Wildman–Crippen MR) is 130 cm³/mol. The lowest BCUT2D eigenvalue weighted by Crippen LogP contribution is -2.38. The van der Waals surface area contributed by atoms with E-state index in [0.717, 1.165) is 70.8 Å². The molecule has 0 radical (unpaired) electrons. The van der Waals surface area contributed by atoms with Gasteiger partial charge in [-0.1, -0.05) is 29.8 Å². The molecule has 1 atom stereocenters. The predicted octanol–water partition coefficient (Wildman–Crippen LogP) is 3.79. The molecule has 2 aromatic rings. The molecule has 0 aliphatic carbocycles. The molecule has 1 N–H and O–H groups in total. The molecule has 4 heterocycles. The Balaban J connectivity index is 1.14. The number of rotatable bonds is 6. The molecular formula is C23H30ClN5O3S. The molecule has 1 aromatic heterocycles. The number of piperidine rings is 1. The zero-order valence-corrected chi connectivity index (χ0v) is 20.2. The van der Waals surface area contributed by atoms with E-state index < -0.39 is 0 Å². The van der Waals surface area contributed by atoms with E-state index in [1.807, 2.05) is 18.2 Å². The van der Waals surface area contributed by atoms with E-state index >= 15 is 0 Å². The van der Waals surface area contributed by atoms with Crippen molar-refractivity contribution in [3.05, 3.63) is 51.4 Å². The number of halogens is 1. The second-order valence-electron chi connectivity index (χ2n) is 8.85. The smallest absolute Gasteiger partial charge is 0.287 e. The van der Waals surface area contributed by atoms with Crippen molar-refractivity contribution in [1.29, 1.82) is 0 Å². The van der Waals surface area contributed by atoms with Crippen LogP contribution in [0.2, 0.25) is 5.02 Å². The SMILES string of the molecule is O=c1c(Cl)c(NCC2CCCOC2)cnn1C1CCN(SN2COc3ccccc3C2)CC1. The van der Waals surface area contributed by atoms with E-state index in [1.54, 1.807) is 23.0 Å². The van der Waals surface area contributed by atoms with Gasteiger partial charge in [-0.2, -0.15) is 9.40 Å². The first-order valence-electron chi connectivity index (χ1n) is 11.6. The standard InChI is InChI=1S/C23H30ClN5O3S/c24-22-20(25-12-17-4-3-11-31-15-17)13-26-29(23(22)30)19-7-9-27(10-8-19)33-28-14-18-5-1-2-6-21(18)32-16-28/h1-2,5-6,13,17,19,25H,3-4,7-12,14-16H2. The van der Waals surface area contributed by atoms with Crippen LogP contribution in [0.15, 0.2) is 35.3 Å².